The van der Waals surface area contributed by atoms with E-state index >= 15 is 0 Å². The molecule has 16 heavy (non-hydrogen) atoms. The van der Waals surface area contributed by atoms with Gasteiger partial charge in [0.15, 0.2) is 0 Å². The van der Waals surface area contributed by atoms with Gasteiger partial charge < -0.3 is 10.6 Å². The fraction of sp³-hybridized carbons (Fsp3) is 0.333. The largest absolute Gasteiger partial charge is 0.359 e. The van der Waals surface area contributed by atoms with Crippen molar-refractivity contribution in [2.75, 3.05) is 13.1 Å². The maximum Gasteiger partial charge on any atom is 0.251 e. The normalized spacial score (nSPS) is 9.56. The Morgan fingerprint density at radius 2 is 1.94 bits per heavy atom. The number of rotatable bonds is 6. The molecular weight excluding hydrogens is 204 g/mol. The first kappa shape index (κ1) is 12.2. The van der Waals surface area contributed by atoms with Crippen molar-refractivity contribution >= 4 is 12.3 Å². The third-order valence-electron chi connectivity index (χ3n) is 2.18. The molecule has 0 heterocycles. The molecule has 0 atom stereocenters. The van der Waals surface area contributed by atoms with E-state index < -0.39 is 0 Å². The maximum atomic E-state index is 11.6. The first-order valence-electron chi connectivity index (χ1n) is 5.26. The highest BCUT2D eigenvalue weighted by atomic mass is 16.1. The van der Waals surface area contributed by atoms with Crippen LogP contribution >= 0.6 is 0 Å². The predicted molar refractivity (Wildman–Crippen MR) is 62.2 cm³/mol. The summed E-state index contributed by atoms with van der Waals surface area (Å²) >= 11 is 0. The van der Waals surface area contributed by atoms with E-state index in [1.165, 1.54) is 0 Å². The molecule has 0 saturated heterocycles. The first-order valence-corrected chi connectivity index (χ1v) is 5.26. The zero-order valence-electron chi connectivity index (χ0n) is 9.32. The van der Waals surface area contributed by atoms with E-state index in [0.717, 1.165) is 12.0 Å². The summed E-state index contributed by atoms with van der Waals surface area (Å²) in [5, 5.41) is 5.32. The molecule has 0 aliphatic rings. The molecule has 1 aromatic rings. The molecule has 0 aliphatic carbocycles. The molecule has 2 N–H and O–H groups in total. The summed E-state index contributed by atoms with van der Waals surface area (Å²) in [4.78, 5) is 21.5. The van der Waals surface area contributed by atoms with E-state index in [0.29, 0.717) is 25.1 Å². The number of carbonyl (C=O) groups is 2. The highest BCUT2D eigenvalue weighted by Gasteiger charge is 2.02. The average Bonchev–Trinajstić information content (AvgIpc) is 2.29. The molecular formula is C12H16N2O2. The minimum absolute atomic E-state index is 0.0777. The van der Waals surface area contributed by atoms with E-state index in [1.807, 2.05) is 19.1 Å². The number of hydrogen-bond donors (Lipinski definition) is 2. The van der Waals surface area contributed by atoms with Gasteiger partial charge >= 0.3 is 0 Å². The second-order valence-electron chi connectivity index (χ2n) is 3.55. The smallest absolute Gasteiger partial charge is 0.251 e. The fourth-order valence-electron chi connectivity index (χ4n) is 1.26. The topological polar surface area (TPSA) is 58.2 Å². The van der Waals surface area contributed by atoms with Gasteiger partial charge in [-0.05, 0) is 25.5 Å². The third kappa shape index (κ3) is 4.13. The first-order chi connectivity index (χ1) is 7.74. The molecule has 4 heteroatoms. The molecule has 0 aromatic heterocycles. The summed E-state index contributed by atoms with van der Waals surface area (Å²) < 4.78 is 0. The van der Waals surface area contributed by atoms with Crippen LogP contribution in [0.2, 0.25) is 0 Å². The molecule has 0 radical (unpaired) electrons. The lowest BCUT2D eigenvalue weighted by molar-refractivity contribution is -0.109. The average molecular weight is 220 g/mol. The van der Waals surface area contributed by atoms with E-state index in [9.17, 15) is 9.59 Å². The van der Waals surface area contributed by atoms with Gasteiger partial charge in [0.1, 0.15) is 0 Å². The van der Waals surface area contributed by atoms with Crippen molar-refractivity contribution in [3.63, 3.8) is 0 Å². The Labute approximate surface area is 95.0 Å². The summed E-state index contributed by atoms with van der Waals surface area (Å²) in [6.07, 6.45) is 1.39. The predicted octanol–water partition coefficient (Wildman–Crippen LogP) is 0.861. The minimum atomic E-state index is -0.0777. The molecule has 0 fully saturated rings. The molecule has 0 saturated carbocycles. The molecule has 2 amide bonds. The van der Waals surface area contributed by atoms with Gasteiger partial charge in [-0.2, -0.15) is 0 Å². The van der Waals surface area contributed by atoms with Gasteiger partial charge in [0.2, 0.25) is 6.41 Å². The molecule has 1 rings (SSSR count). The lowest BCUT2D eigenvalue weighted by atomic mass is 10.1. The van der Waals surface area contributed by atoms with Crippen molar-refractivity contribution in [3.8, 4) is 0 Å². The lowest BCUT2D eigenvalue weighted by Gasteiger charge is -2.05. The second kappa shape index (κ2) is 6.61. The van der Waals surface area contributed by atoms with Crippen LogP contribution in [0.3, 0.4) is 0 Å². The number of hydrogen-bond acceptors (Lipinski definition) is 2. The lowest BCUT2D eigenvalue weighted by Crippen LogP contribution is -2.26. The Kier molecular flexibility index (Phi) is 5.05. The number of amides is 2. The molecule has 0 aliphatic heterocycles. The van der Waals surface area contributed by atoms with Crippen molar-refractivity contribution in [2.24, 2.45) is 0 Å². The van der Waals surface area contributed by atoms with Crippen molar-refractivity contribution in [3.05, 3.63) is 35.4 Å². The quantitative estimate of drug-likeness (QED) is 0.552. The Morgan fingerprint density at radius 3 is 2.56 bits per heavy atom. The van der Waals surface area contributed by atoms with Gasteiger partial charge in [-0.3, -0.25) is 9.59 Å². The van der Waals surface area contributed by atoms with Crippen LogP contribution in [-0.2, 0) is 4.79 Å². The third-order valence-corrected chi connectivity index (χ3v) is 2.18. The number of nitrogens with one attached hydrogen (secondary N) is 2. The minimum Gasteiger partial charge on any atom is -0.359 e. The van der Waals surface area contributed by atoms with E-state index in [4.69, 9.17) is 0 Å². The SMILES string of the molecule is Cc1ccc(C(=O)NCCCNC=O)cc1. The van der Waals surface area contributed by atoms with E-state index in [-0.39, 0.29) is 5.91 Å². The zero-order valence-corrected chi connectivity index (χ0v) is 9.32. The van der Waals surface area contributed by atoms with Gasteiger partial charge in [0.25, 0.3) is 5.91 Å². The zero-order chi connectivity index (χ0) is 11.8. The van der Waals surface area contributed by atoms with Crippen LogP contribution in [0.25, 0.3) is 0 Å². The van der Waals surface area contributed by atoms with Crippen LogP contribution in [0.4, 0.5) is 0 Å². The van der Waals surface area contributed by atoms with Gasteiger partial charge in [-0.15, -0.1) is 0 Å². The van der Waals surface area contributed by atoms with Crippen LogP contribution in [0.1, 0.15) is 22.3 Å². The second-order valence-corrected chi connectivity index (χ2v) is 3.55. The summed E-state index contributed by atoms with van der Waals surface area (Å²) in [6.45, 7) is 3.12. The standard InChI is InChI=1S/C12H16N2O2/c1-10-3-5-11(6-4-10)12(16)14-8-2-7-13-9-15/h3-6,9H,2,7-8H2,1H3,(H,13,15)(H,14,16). The monoisotopic (exact) mass is 220 g/mol. The Balaban J connectivity index is 2.29. The van der Waals surface area contributed by atoms with Crippen LogP contribution in [-0.4, -0.2) is 25.4 Å². The van der Waals surface area contributed by atoms with Crippen LogP contribution in [0, 0.1) is 6.92 Å². The Bertz CT molecular complexity index is 347. The summed E-state index contributed by atoms with van der Waals surface area (Å²) in [5.74, 6) is -0.0777. The molecule has 0 unspecified atom stereocenters. The number of aryl methyl sites for hydroxylation is 1. The number of benzene rings is 1. The van der Waals surface area contributed by atoms with Gasteiger partial charge in [-0.1, -0.05) is 17.7 Å². The summed E-state index contributed by atoms with van der Waals surface area (Å²) in [6, 6.07) is 7.41. The fourth-order valence-corrected chi connectivity index (χ4v) is 1.26. The van der Waals surface area contributed by atoms with E-state index in [1.54, 1.807) is 12.1 Å². The van der Waals surface area contributed by atoms with Crippen LogP contribution in [0.15, 0.2) is 24.3 Å². The molecule has 0 spiro atoms. The van der Waals surface area contributed by atoms with Crippen molar-refractivity contribution in [2.45, 2.75) is 13.3 Å². The van der Waals surface area contributed by atoms with Gasteiger partial charge in [0.05, 0.1) is 0 Å². The van der Waals surface area contributed by atoms with Crippen molar-refractivity contribution < 1.29 is 9.59 Å². The summed E-state index contributed by atoms with van der Waals surface area (Å²) in [5.41, 5.74) is 1.79. The van der Waals surface area contributed by atoms with E-state index in [2.05, 4.69) is 10.6 Å². The summed E-state index contributed by atoms with van der Waals surface area (Å²) in [7, 11) is 0. The highest BCUT2D eigenvalue weighted by Crippen LogP contribution is 2.02. The van der Waals surface area contributed by atoms with Crippen LogP contribution in [0.5, 0.6) is 0 Å². The number of carbonyl (C=O) groups excluding carboxylic acids is 2. The van der Waals surface area contributed by atoms with Crippen molar-refractivity contribution in [1.82, 2.24) is 10.6 Å². The van der Waals surface area contributed by atoms with Gasteiger partial charge in [-0.25, -0.2) is 0 Å². The Morgan fingerprint density at radius 1 is 1.25 bits per heavy atom. The van der Waals surface area contributed by atoms with Gasteiger partial charge in [0, 0.05) is 18.7 Å². The molecule has 0 bridgehead atoms. The molecule has 1 aromatic carbocycles. The highest BCUT2D eigenvalue weighted by molar-refractivity contribution is 5.94. The van der Waals surface area contributed by atoms with Crippen LogP contribution < -0.4 is 10.6 Å². The molecule has 4 nitrogen and oxygen atoms in total. The van der Waals surface area contributed by atoms with Crippen molar-refractivity contribution in [1.29, 1.82) is 0 Å². The Hall–Kier alpha value is -1.84. The molecule has 86 valence electrons. The maximum absolute atomic E-state index is 11.6.